The lowest BCUT2D eigenvalue weighted by molar-refractivity contribution is -0.115. The van der Waals surface area contributed by atoms with E-state index in [1.54, 1.807) is 19.1 Å². The smallest absolute Gasteiger partial charge is 0.248 e. The molecule has 0 unspecified atom stereocenters. The second-order valence-electron chi connectivity index (χ2n) is 7.59. The maximum atomic E-state index is 12.4. The van der Waals surface area contributed by atoms with E-state index in [2.05, 4.69) is 36.2 Å². The van der Waals surface area contributed by atoms with Crippen molar-refractivity contribution in [2.24, 2.45) is 0 Å². The van der Waals surface area contributed by atoms with Crippen LogP contribution in [0.25, 0.3) is 10.9 Å². The molecule has 2 N–H and O–H groups in total. The van der Waals surface area contributed by atoms with E-state index in [1.165, 1.54) is 0 Å². The van der Waals surface area contributed by atoms with Crippen LogP contribution >= 0.6 is 0 Å². The molecule has 0 fully saturated rings. The molecular weight excluding hydrogens is 330 g/mol. The minimum absolute atomic E-state index is 0.151. The molecule has 0 spiro atoms. The Morgan fingerprint density at radius 1 is 1.23 bits per heavy atom. The topological polar surface area (TPSA) is 88.0 Å². The van der Waals surface area contributed by atoms with Crippen molar-refractivity contribution in [2.45, 2.75) is 46.5 Å². The number of H-pyrrole nitrogens is 1. The molecule has 0 saturated carbocycles. The molecule has 1 aromatic carbocycles. The third kappa shape index (κ3) is 3.54. The second kappa shape index (κ2) is 6.44. The van der Waals surface area contributed by atoms with E-state index in [0.717, 1.165) is 22.2 Å². The van der Waals surface area contributed by atoms with E-state index < -0.39 is 0 Å². The summed E-state index contributed by atoms with van der Waals surface area (Å²) in [5.74, 6) is 0.489. The van der Waals surface area contributed by atoms with Gasteiger partial charge >= 0.3 is 0 Å². The molecule has 2 heterocycles. The van der Waals surface area contributed by atoms with Crippen LogP contribution in [0.2, 0.25) is 0 Å². The molecule has 6 nitrogen and oxygen atoms in total. The van der Waals surface area contributed by atoms with Gasteiger partial charge in [-0.25, -0.2) is 0 Å². The quantitative estimate of drug-likeness (QED) is 0.753. The first-order valence-electron chi connectivity index (χ1n) is 8.54. The van der Waals surface area contributed by atoms with E-state index in [9.17, 15) is 9.59 Å². The van der Waals surface area contributed by atoms with Gasteiger partial charge in [-0.3, -0.25) is 9.59 Å². The number of hydrogen-bond donors (Lipinski definition) is 2. The van der Waals surface area contributed by atoms with Gasteiger partial charge in [-0.05, 0) is 37.0 Å². The summed E-state index contributed by atoms with van der Waals surface area (Å²) in [7, 11) is 0. The van der Waals surface area contributed by atoms with Gasteiger partial charge in [-0.1, -0.05) is 32.0 Å². The summed E-state index contributed by atoms with van der Waals surface area (Å²) in [6.45, 7) is 9.81. The van der Waals surface area contributed by atoms with Crippen LogP contribution in [-0.2, 0) is 16.6 Å². The molecule has 6 heteroatoms. The van der Waals surface area contributed by atoms with Crippen molar-refractivity contribution in [2.75, 3.05) is 5.32 Å². The van der Waals surface area contributed by atoms with Gasteiger partial charge in [0.25, 0.3) is 0 Å². The van der Waals surface area contributed by atoms with Crippen molar-refractivity contribution >= 4 is 22.5 Å². The first kappa shape index (κ1) is 17.9. The fourth-order valence-electron chi connectivity index (χ4n) is 3.08. The highest BCUT2D eigenvalue weighted by Gasteiger charge is 2.18. The summed E-state index contributed by atoms with van der Waals surface area (Å²) in [6, 6.07) is 7.20. The minimum Gasteiger partial charge on any atom is -0.361 e. The fraction of sp³-hybridized carbons (Fsp3) is 0.350. The first-order chi connectivity index (χ1) is 12.1. The molecule has 3 aromatic rings. The highest BCUT2D eigenvalue weighted by atomic mass is 16.5. The molecule has 0 saturated heterocycles. The van der Waals surface area contributed by atoms with E-state index in [4.69, 9.17) is 4.52 Å². The average Bonchev–Trinajstić information content (AvgIpc) is 2.84. The Morgan fingerprint density at radius 3 is 2.58 bits per heavy atom. The number of nitrogens with zero attached hydrogens (tertiary/aromatic N) is 1. The van der Waals surface area contributed by atoms with Crippen molar-refractivity contribution in [3.63, 3.8) is 0 Å². The van der Waals surface area contributed by atoms with Gasteiger partial charge in [0.1, 0.15) is 5.76 Å². The predicted octanol–water partition coefficient (Wildman–Crippen LogP) is 3.61. The van der Waals surface area contributed by atoms with E-state index in [-0.39, 0.29) is 23.3 Å². The van der Waals surface area contributed by atoms with Crippen LogP contribution in [0.15, 0.2) is 33.6 Å². The van der Waals surface area contributed by atoms with Crippen molar-refractivity contribution in [3.05, 3.63) is 57.2 Å². The zero-order chi connectivity index (χ0) is 19.1. The van der Waals surface area contributed by atoms with Gasteiger partial charge in [0, 0.05) is 22.7 Å². The van der Waals surface area contributed by atoms with Crippen molar-refractivity contribution in [1.82, 2.24) is 10.1 Å². The summed E-state index contributed by atoms with van der Waals surface area (Å²) in [5.41, 5.74) is 3.53. The molecule has 0 bridgehead atoms. The van der Waals surface area contributed by atoms with E-state index >= 15 is 0 Å². The number of fused-ring (bicyclic) bond motifs is 1. The van der Waals surface area contributed by atoms with Gasteiger partial charge in [-0.15, -0.1) is 0 Å². The van der Waals surface area contributed by atoms with E-state index in [1.807, 2.05) is 19.1 Å². The maximum Gasteiger partial charge on any atom is 0.248 e. The zero-order valence-electron chi connectivity index (χ0n) is 15.7. The SMILES string of the molecule is Cc1noc(C)c1CC(=O)Nc1ccc2c(C(C)(C)C)cc(=O)[nH]c2c1. The highest BCUT2D eigenvalue weighted by molar-refractivity contribution is 5.95. The Labute approximate surface area is 151 Å². The largest absolute Gasteiger partial charge is 0.361 e. The summed E-state index contributed by atoms with van der Waals surface area (Å²) in [6.07, 6.45) is 0.192. The zero-order valence-corrected chi connectivity index (χ0v) is 15.7. The van der Waals surface area contributed by atoms with Crippen LogP contribution in [0.5, 0.6) is 0 Å². The number of nitrogens with one attached hydrogen (secondary N) is 2. The number of benzene rings is 1. The molecule has 0 aliphatic carbocycles. The Bertz CT molecular complexity index is 1020. The van der Waals surface area contributed by atoms with Crippen molar-refractivity contribution in [1.29, 1.82) is 0 Å². The number of carbonyl (C=O) groups is 1. The normalized spacial score (nSPS) is 11.7. The average molecular weight is 353 g/mol. The molecule has 136 valence electrons. The number of aromatic nitrogens is 2. The standard InChI is InChI=1S/C20H23N3O3/c1-11-15(12(2)26-23-11)9-18(24)21-13-6-7-14-16(20(3,4)5)10-19(25)22-17(14)8-13/h6-8,10H,9H2,1-5H3,(H,21,24)(H,22,25). The van der Waals surface area contributed by atoms with Crippen LogP contribution in [0.1, 0.15) is 43.4 Å². The number of anilines is 1. The first-order valence-corrected chi connectivity index (χ1v) is 8.54. The molecular formula is C20H23N3O3. The van der Waals surface area contributed by atoms with Gasteiger partial charge in [0.05, 0.1) is 17.6 Å². The van der Waals surface area contributed by atoms with Crippen LogP contribution < -0.4 is 10.9 Å². The third-order valence-corrected chi connectivity index (χ3v) is 4.45. The number of aryl methyl sites for hydroxylation is 2. The molecule has 0 atom stereocenters. The predicted molar refractivity (Wildman–Crippen MR) is 102 cm³/mol. The summed E-state index contributed by atoms with van der Waals surface area (Å²) < 4.78 is 5.09. The van der Waals surface area contributed by atoms with Gasteiger partial charge < -0.3 is 14.8 Å². The van der Waals surface area contributed by atoms with Crippen LogP contribution in [0, 0.1) is 13.8 Å². The lowest BCUT2D eigenvalue weighted by atomic mass is 9.85. The van der Waals surface area contributed by atoms with Gasteiger partial charge in [0.2, 0.25) is 11.5 Å². The lowest BCUT2D eigenvalue weighted by Gasteiger charge is -2.21. The number of hydrogen-bond acceptors (Lipinski definition) is 4. The van der Waals surface area contributed by atoms with Crippen molar-refractivity contribution in [3.8, 4) is 0 Å². The molecule has 2 aromatic heterocycles. The number of pyridine rings is 1. The van der Waals surface area contributed by atoms with Gasteiger partial charge in [-0.2, -0.15) is 0 Å². The monoisotopic (exact) mass is 353 g/mol. The molecule has 3 rings (SSSR count). The third-order valence-electron chi connectivity index (χ3n) is 4.45. The minimum atomic E-state index is -0.159. The molecule has 1 amide bonds. The molecule has 0 aliphatic rings. The number of rotatable bonds is 3. The van der Waals surface area contributed by atoms with E-state index in [0.29, 0.717) is 17.0 Å². The molecule has 0 radical (unpaired) electrons. The summed E-state index contributed by atoms with van der Waals surface area (Å²) >= 11 is 0. The summed E-state index contributed by atoms with van der Waals surface area (Å²) in [5, 5.41) is 7.71. The maximum absolute atomic E-state index is 12.4. The summed E-state index contributed by atoms with van der Waals surface area (Å²) in [4.78, 5) is 27.2. The van der Waals surface area contributed by atoms with Crippen LogP contribution in [0.3, 0.4) is 0 Å². The Balaban J connectivity index is 1.90. The van der Waals surface area contributed by atoms with Gasteiger partial charge in [0.15, 0.2) is 0 Å². The Hall–Kier alpha value is -2.89. The molecule has 26 heavy (non-hydrogen) atoms. The number of amides is 1. The highest BCUT2D eigenvalue weighted by Crippen LogP contribution is 2.29. The molecule has 0 aliphatic heterocycles. The number of aromatic amines is 1. The second-order valence-corrected chi connectivity index (χ2v) is 7.59. The van der Waals surface area contributed by atoms with Crippen molar-refractivity contribution < 1.29 is 9.32 Å². The fourth-order valence-corrected chi connectivity index (χ4v) is 3.08. The lowest BCUT2D eigenvalue weighted by Crippen LogP contribution is -2.18. The van der Waals surface area contributed by atoms with Crippen LogP contribution in [0.4, 0.5) is 5.69 Å². The number of carbonyl (C=O) groups excluding carboxylic acids is 1. The Kier molecular flexibility index (Phi) is 4.44. The Morgan fingerprint density at radius 2 is 1.96 bits per heavy atom. The van der Waals surface area contributed by atoms with Crippen LogP contribution in [-0.4, -0.2) is 16.0 Å².